The van der Waals surface area contributed by atoms with Crippen molar-refractivity contribution in [1.29, 1.82) is 0 Å². The fourth-order valence-electron chi connectivity index (χ4n) is 3.06. The van der Waals surface area contributed by atoms with Crippen LogP contribution in [0.15, 0.2) is 0 Å². The molecule has 2 unspecified atom stereocenters. The first kappa shape index (κ1) is 11.7. The summed E-state index contributed by atoms with van der Waals surface area (Å²) >= 11 is 0. The topological polar surface area (TPSA) is 29.5 Å². The Hall–Kier alpha value is -0.730. The van der Waals surface area contributed by atoms with Gasteiger partial charge in [0.25, 0.3) is 0 Å². The highest BCUT2D eigenvalue weighted by Gasteiger charge is 2.43. The average molecular weight is 225 g/mol. The lowest BCUT2D eigenvalue weighted by Crippen LogP contribution is -2.48. The minimum atomic E-state index is -0.375. The summed E-state index contributed by atoms with van der Waals surface area (Å²) < 4.78 is 5.48. The van der Waals surface area contributed by atoms with E-state index in [-0.39, 0.29) is 11.7 Å². The number of nitrogens with zero attached hydrogens (tertiary/aromatic N) is 1. The third-order valence-electron chi connectivity index (χ3n) is 3.57. The molecule has 0 saturated carbocycles. The van der Waals surface area contributed by atoms with Gasteiger partial charge in [0.15, 0.2) is 0 Å². The Bertz CT molecular complexity index is 268. The first-order valence-corrected chi connectivity index (χ1v) is 6.38. The lowest BCUT2D eigenvalue weighted by molar-refractivity contribution is 0.00317. The van der Waals surface area contributed by atoms with Gasteiger partial charge in [0.05, 0.1) is 0 Å². The van der Waals surface area contributed by atoms with Gasteiger partial charge in [-0.05, 0) is 52.4 Å². The standard InChI is InChI=1S/C13H23NO2/c1-9-7-10-5-6-11(8-9)14(10)12(15)16-13(2,3)4/h9-11H,5-8H2,1-4H3/t9?,10-,11?/m0/s1. The van der Waals surface area contributed by atoms with Crippen molar-refractivity contribution in [1.82, 2.24) is 4.90 Å². The van der Waals surface area contributed by atoms with E-state index >= 15 is 0 Å². The SMILES string of the molecule is CC1CC2CC[C@@H](C1)N2C(=O)OC(C)(C)C. The van der Waals surface area contributed by atoms with Gasteiger partial charge in [-0.2, -0.15) is 0 Å². The fraction of sp³-hybridized carbons (Fsp3) is 0.923. The molecule has 0 spiro atoms. The van der Waals surface area contributed by atoms with E-state index in [0.29, 0.717) is 12.1 Å². The third kappa shape index (κ3) is 2.33. The van der Waals surface area contributed by atoms with Crippen LogP contribution in [0.4, 0.5) is 4.79 Å². The predicted octanol–water partition coefficient (Wildman–Crippen LogP) is 3.18. The van der Waals surface area contributed by atoms with E-state index in [1.165, 1.54) is 0 Å². The molecule has 92 valence electrons. The van der Waals surface area contributed by atoms with Crippen LogP contribution in [0, 0.1) is 5.92 Å². The van der Waals surface area contributed by atoms with E-state index in [4.69, 9.17) is 4.74 Å². The molecule has 2 bridgehead atoms. The molecule has 16 heavy (non-hydrogen) atoms. The molecule has 3 nitrogen and oxygen atoms in total. The molecule has 3 heteroatoms. The summed E-state index contributed by atoms with van der Waals surface area (Å²) in [5, 5.41) is 0. The second kappa shape index (κ2) is 3.94. The van der Waals surface area contributed by atoms with Crippen molar-refractivity contribution in [2.45, 2.75) is 71.1 Å². The predicted molar refractivity (Wildman–Crippen MR) is 63.3 cm³/mol. The Morgan fingerprint density at radius 1 is 1.19 bits per heavy atom. The highest BCUT2D eigenvalue weighted by Crippen LogP contribution is 2.39. The Morgan fingerprint density at radius 3 is 2.12 bits per heavy atom. The zero-order chi connectivity index (χ0) is 11.9. The minimum Gasteiger partial charge on any atom is -0.444 e. The molecule has 2 fully saturated rings. The van der Waals surface area contributed by atoms with Gasteiger partial charge in [0, 0.05) is 12.1 Å². The van der Waals surface area contributed by atoms with Crippen LogP contribution in [0.3, 0.4) is 0 Å². The molecular weight excluding hydrogens is 202 g/mol. The minimum absolute atomic E-state index is 0.105. The second-order valence-electron chi connectivity index (χ2n) is 6.35. The number of rotatable bonds is 0. The molecule has 2 rings (SSSR count). The quantitative estimate of drug-likeness (QED) is 0.633. The van der Waals surface area contributed by atoms with Crippen molar-refractivity contribution in [3.63, 3.8) is 0 Å². The smallest absolute Gasteiger partial charge is 0.410 e. The third-order valence-corrected chi connectivity index (χ3v) is 3.57. The molecule has 0 aromatic carbocycles. The van der Waals surface area contributed by atoms with Gasteiger partial charge in [-0.1, -0.05) is 6.92 Å². The maximum Gasteiger partial charge on any atom is 0.410 e. The lowest BCUT2D eigenvalue weighted by Gasteiger charge is -2.38. The molecule has 0 aromatic rings. The van der Waals surface area contributed by atoms with E-state index < -0.39 is 0 Å². The number of hydrogen-bond donors (Lipinski definition) is 0. The largest absolute Gasteiger partial charge is 0.444 e. The summed E-state index contributed by atoms with van der Waals surface area (Å²) in [6.07, 6.45) is 4.51. The highest BCUT2D eigenvalue weighted by atomic mass is 16.6. The molecular formula is C13H23NO2. The van der Waals surface area contributed by atoms with Crippen LogP contribution >= 0.6 is 0 Å². The van der Waals surface area contributed by atoms with Crippen molar-refractivity contribution in [2.75, 3.05) is 0 Å². The van der Waals surface area contributed by atoms with E-state index in [9.17, 15) is 4.79 Å². The number of fused-ring (bicyclic) bond motifs is 2. The number of hydrogen-bond acceptors (Lipinski definition) is 2. The van der Waals surface area contributed by atoms with E-state index in [1.54, 1.807) is 0 Å². The second-order valence-corrected chi connectivity index (χ2v) is 6.35. The first-order valence-electron chi connectivity index (χ1n) is 6.38. The van der Waals surface area contributed by atoms with Crippen molar-refractivity contribution < 1.29 is 9.53 Å². The molecule has 0 aliphatic carbocycles. The summed E-state index contributed by atoms with van der Waals surface area (Å²) in [6, 6.07) is 0.868. The zero-order valence-corrected chi connectivity index (χ0v) is 10.8. The van der Waals surface area contributed by atoms with Gasteiger partial charge < -0.3 is 9.64 Å². The molecule has 2 aliphatic rings. The van der Waals surface area contributed by atoms with E-state index in [1.807, 2.05) is 25.7 Å². The van der Waals surface area contributed by atoms with Crippen LogP contribution in [0.2, 0.25) is 0 Å². The number of piperidine rings is 1. The van der Waals surface area contributed by atoms with Gasteiger partial charge in [-0.3, -0.25) is 0 Å². The Kier molecular flexibility index (Phi) is 2.89. The maximum absolute atomic E-state index is 12.1. The van der Waals surface area contributed by atoms with E-state index in [0.717, 1.165) is 31.6 Å². The molecule has 0 radical (unpaired) electrons. The van der Waals surface area contributed by atoms with Crippen molar-refractivity contribution in [3.05, 3.63) is 0 Å². The Morgan fingerprint density at radius 2 is 1.69 bits per heavy atom. The van der Waals surface area contributed by atoms with Gasteiger partial charge >= 0.3 is 6.09 Å². The van der Waals surface area contributed by atoms with Gasteiger partial charge in [0.2, 0.25) is 0 Å². The Labute approximate surface area is 98.1 Å². The fourth-order valence-corrected chi connectivity index (χ4v) is 3.06. The molecule has 2 saturated heterocycles. The highest BCUT2D eigenvalue weighted by molar-refractivity contribution is 5.69. The average Bonchev–Trinajstić information content (AvgIpc) is 2.36. The van der Waals surface area contributed by atoms with Crippen LogP contribution in [0.1, 0.15) is 53.4 Å². The molecule has 0 N–H and O–H groups in total. The summed E-state index contributed by atoms with van der Waals surface area (Å²) in [4.78, 5) is 14.1. The summed E-state index contributed by atoms with van der Waals surface area (Å²) in [5.74, 6) is 0.760. The zero-order valence-electron chi connectivity index (χ0n) is 10.8. The number of ether oxygens (including phenoxy) is 1. The number of carbonyl (C=O) groups is 1. The monoisotopic (exact) mass is 225 g/mol. The summed E-state index contributed by atoms with van der Waals surface area (Å²) in [6.45, 7) is 8.08. The summed E-state index contributed by atoms with van der Waals surface area (Å²) in [5.41, 5.74) is -0.375. The molecule has 2 aliphatic heterocycles. The van der Waals surface area contributed by atoms with Gasteiger partial charge in [-0.15, -0.1) is 0 Å². The van der Waals surface area contributed by atoms with Crippen LogP contribution < -0.4 is 0 Å². The summed E-state index contributed by atoms with van der Waals surface area (Å²) in [7, 11) is 0. The normalized spacial score (nSPS) is 34.0. The van der Waals surface area contributed by atoms with E-state index in [2.05, 4.69) is 6.92 Å². The van der Waals surface area contributed by atoms with Crippen molar-refractivity contribution >= 4 is 6.09 Å². The van der Waals surface area contributed by atoms with Gasteiger partial charge in [-0.25, -0.2) is 4.79 Å². The number of amides is 1. The van der Waals surface area contributed by atoms with Gasteiger partial charge in [0.1, 0.15) is 5.60 Å². The van der Waals surface area contributed by atoms with Crippen LogP contribution in [0.5, 0.6) is 0 Å². The molecule has 3 atom stereocenters. The van der Waals surface area contributed by atoms with Crippen LogP contribution in [0.25, 0.3) is 0 Å². The molecule has 1 amide bonds. The van der Waals surface area contributed by atoms with Crippen LogP contribution in [-0.2, 0) is 4.74 Å². The lowest BCUT2D eigenvalue weighted by atomic mass is 9.93. The van der Waals surface area contributed by atoms with Crippen LogP contribution in [-0.4, -0.2) is 28.7 Å². The van der Waals surface area contributed by atoms with Crippen molar-refractivity contribution in [2.24, 2.45) is 5.92 Å². The first-order chi connectivity index (χ1) is 7.37. The number of carbonyl (C=O) groups excluding carboxylic acids is 1. The Balaban J connectivity index is 2.03. The maximum atomic E-state index is 12.1. The molecule has 0 aromatic heterocycles. The van der Waals surface area contributed by atoms with Crippen molar-refractivity contribution in [3.8, 4) is 0 Å². The molecule has 2 heterocycles.